The highest BCUT2D eigenvalue weighted by Crippen LogP contribution is 2.53. The van der Waals surface area contributed by atoms with E-state index in [4.69, 9.17) is 4.98 Å². The Morgan fingerprint density at radius 2 is 1.76 bits per heavy atom. The van der Waals surface area contributed by atoms with Crippen molar-refractivity contribution in [2.24, 2.45) is 0 Å². The second kappa shape index (κ2) is 6.68. The van der Waals surface area contributed by atoms with Crippen LogP contribution in [0.2, 0.25) is 0 Å². The van der Waals surface area contributed by atoms with Gasteiger partial charge in [-0.3, -0.25) is 9.97 Å². The molecule has 0 bridgehead atoms. The molecule has 4 aromatic rings. The Balaban J connectivity index is 1.32. The predicted octanol–water partition coefficient (Wildman–Crippen LogP) is 6.25. The van der Waals surface area contributed by atoms with E-state index in [2.05, 4.69) is 64.6 Å². The molecule has 1 unspecified atom stereocenters. The van der Waals surface area contributed by atoms with Crippen LogP contribution in [-0.4, -0.2) is 15.0 Å². The van der Waals surface area contributed by atoms with Gasteiger partial charge in [0.05, 0.1) is 16.9 Å². The van der Waals surface area contributed by atoms with Gasteiger partial charge in [0.2, 0.25) is 0 Å². The first-order chi connectivity index (χ1) is 14.3. The SMILES string of the molecule is C1=C(c2ccc(-c3ccccn3)nc2)CC2C(=C1)Sc1nc3ccccc3cc12. The number of hydrogen-bond acceptors (Lipinski definition) is 4. The zero-order chi connectivity index (χ0) is 19.2. The number of benzene rings is 1. The molecule has 0 radical (unpaired) electrons. The summed E-state index contributed by atoms with van der Waals surface area (Å²) in [5, 5.41) is 2.36. The summed E-state index contributed by atoms with van der Waals surface area (Å²) < 4.78 is 0. The normalized spacial score (nSPS) is 17.4. The van der Waals surface area contributed by atoms with E-state index in [1.807, 2.05) is 36.2 Å². The van der Waals surface area contributed by atoms with Crippen LogP contribution in [0.5, 0.6) is 0 Å². The van der Waals surface area contributed by atoms with Gasteiger partial charge in [-0.1, -0.05) is 54.2 Å². The van der Waals surface area contributed by atoms with Crippen LogP contribution in [0.25, 0.3) is 27.9 Å². The van der Waals surface area contributed by atoms with Gasteiger partial charge >= 0.3 is 0 Å². The van der Waals surface area contributed by atoms with E-state index >= 15 is 0 Å². The molecule has 3 aromatic heterocycles. The highest BCUT2D eigenvalue weighted by molar-refractivity contribution is 8.03. The number of rotatable bonds is 2. The lowest BCUT2D eigenvalue weighted by Gasteiger charge is -2.19. The Morgan fingerprint density at radius 3 is 2.62 bits per heavy atom. The lowest BCUT2D eigenvalue weighted by atomic mass is 9.86. The molecular weight excluding hydrogens is 374 g/mol. The minimum Gasteiger partial charge on any atom is -0.255 e. The summed E-state index contributed by atoms with van der Waals surface area (Å²) in [5.74, 6) is 0.391. The van der Waals surface area contributed by atoms with Crippen LogP contribution in [-0.2, 0) is 0 Å². The van der Waals surface area contributed by atoms with E-state index in [9.17, 15) is 0 Å². The highest BCUT2D eigenvalue weighted by Gasteiger charge is 2.32. The van der Waals surface area contributed by atoms with Crippen LogP contribution in [0.1, 0.15) is 23.5 Å². The van der Waals surface area contributed by atoms with Gasteiger partial charge in [0.25, 0.3) is 0 Å². The lowest BCUT2D eigenvalue weighted by Crippen LogP contribution is -2.02. The molecule has 4 heterocycles. The molecule has 0 fully saturated rings. The summed E-state index contributed by atoms with van der Waals surface area (Å²) in [6.45, 7) is 0. The predicted molar refractivity (Wildman–Crippen MR) is 118 cm³/mol. The minimum absolute atomic E-state index is 0.391. The molecule has 2 aliphatic rings. The molecule has 0 N–H and O–H groups in total. The zero-order valence-corrected chi connectivity index (χ0v) is 16.4. The molecule has 6 rings (SSSR count). The van der Waals surface area contributed by atoms with E-state index in [0.29, 0.717) is 5.92 Å². The second-order valence-corrected chi connectivity index (χ2v) is 8.40. The smallest absolute Gasteiger partial charge is 0.105 e. The number of nitrogens with zero attached hydrogens (tertiary/aromatic N) is 3. The number of para-hydroxylation sites is 1. The quantitative estimate of drug-likeness (QED) is 0.405. The van der Waals surface area contributed by atoms with Gasteiger partial charge in [0.15, 0.2) is 0 Å². The van der Waals surface area contributed by atoms with Crippen molar-refractivity contribution in [2.45, 2.75) is 17.4 Å². The van der Waals surface area contributed by atoms with E-state index < -0.39 is 0 Å². The Hall–Kier alpha value is -3.24. The molecule has 0 saturated heterocycles. The van der Waals surface area contributed by atoms with Crippen molar-refractivity contribution in [3.8, 4) is 11.4 Å². The molecule has 1 atom stereocenters. The Labute approximate surface area is 173 Å². The van der Waals surface area contributed by atoms with Crippen molar-refractivity contribution in [3.05, 3.63) is 101 Å². The van der Waals surface area contributed by atoms with Crippen molar-refractivity contribution in [3.63, 3.8) is 0 Å². The first-order valence-corrected chi connectivity index (χ1v) is 10.5. The minimum atomic E-state index is 0.391. The first-order valence-electron chi connectivity index (χ1n) is 9.71. The third kappa shape index (κ3) is 2.88. The average Bonchev–Trinajstić information content (AvgIpc) is 3.15. The molecule has 3 nitrogen and oxygen atoms in total. The molecule has 0 spiro atoms. The summed E-state index contributed by atoms with van der Waals surface area (Å²) in [6.07, 6.45) is 9.25. The maximum atomic E-state index is 4.90. The van der Waals surface area contributed by atoms with Gasteiger partial charge in [-0.15, -0.1) is 0 Å². The van der Waals surface area contributed by atoms with Crippen LogP contribution < -0.4 is 0 Å². The van der Waals surface area contributed by atoms with Gasteiger partial charge in [0.1, 0.15) is 5.03 Å². The zero-order valence-electron chi connectivity index (χ0n) is 15.6. The van der Waals surface area contributed by atoms with Crippen molar-refractivity contribution < 1.29 is 0 Å². The topological polar surface area (TPSA) is 38.7 Å². The maximum absolute atomic E-state index is 4.90. The lowest BCUT2D eigenvalue weighted by molar-refractivity contribution is 0.840. The Bertz CT molecular complexity index is 1290. The summed E-state index contributed by atoms with van der Waals surface area (Å²) in [4.78, 5) is 15.3. The van der Waals surface area contributed by atoms with Gasteiger partial charge in [-0.2, -0.15) is 0 Å². The van der Waals surface area contributed by atoms with E-state index in [-0.39, 0.29) is 0 Å². The molecule has 4 heteroatoms. The fourth-order valence-corrected chi connectivity index (χ4v) is 5.25. The Morgan fingerprint density at radius 1 is 0.862 bits per heavy atom. The highest BCUT2D eigenvalue weighted by atomic mass is 32.2. The molecular formula is C25H17N3S. The molecule has 138 valence electrons. The van der Waals surface area contributed by atoms with E-state index in [1.165, 1.54) is 27.0 Å². The van der Waals surface area contributed by atoms with E-state index in [0.717, 1.165) is 28.4 Å². The number of allylic oxidation sites excluding steroid dienone is 4. The molecule has 0 saturated carbocycles. The number of pyridine rings is 3. The third-order valence-corrected chi connectivity index (χ3v) is 6.76. The maximum Gasteiger partial charge on any atom is 0.105 e. The number of hydrogen-bond donors (Lipinski definition) is 0. The third-order valence-electron chi connectivity index (χ3n) is 5.58. The van der Waals surface area contributed by atoms with Gasteiger partial charge in [-0.25, -0.2) is 4.98 Å². The average molecular weight is 391 g/mol. The van der Waals surface area contributed by atoms with Crippen LogP contribution in [0.15, 0.2) is 95.1 Å². The van der Waals surface area contributed by atoms with Crippen molar-refractivity contribution in [1.29, 1.82) is 0 Å². The largest absolute Gasteiger partial charge is 0.255 e. The summed E-state index contributed by atoms with van der Waals surface area (Å²) in [5.41, 5.74) is 6.72. The molecule has 1 aliphatic heterocycles. The van der Waals surface area contributed by atoms with Gasteiger partial charge in [0, 0.05) is 23.7 Å². The second-order valence-electron chi connectivity index (χ2n) is 7.34. The van der Waals surface area contributed by atoms with E-state index in [1.54, 1.807) is 6.20 Å². The summed E-state index contributed by atoms with van der Waals surface area (Å²) >= 11 is 1.81. The van der Waals surface area contributed by atoms with Crippen molar-refractivity contribution in [2.75, 3.05) is 0 Å². The molecule has 1 aromatic carbocycles. The molecule has 1 aliphatic carbocycles. The van der Waals surface area contributed by atoms with Crippen LogP contribution >= 0.6 is 11.8 Å². The number of fused-ring (bicyclic) bond motifs is 4. The number of aromatic nitrogens is 3. The fraction of sp³-hybridized carbons (Fsp3) is 0.0800. The van der Waals surface area contributed by atoms with Crippen molar-refractivity contribution >= 4 is 28.2 Å². The van der Waals surface area contributed by atoms with Crippen LogP contribution in [0.4, 0.5) is 0 Å². The first kappa shape index (κ1) is 16.7. The standard InChI is InChI=1S/C25H17N3S/c1-2-6-21-17(5-1)14-20-19-13-16(9-11-24(19)29-25(20)28-21)18-8-10-23(27-15-18)22-7-3-4-12-26-22/h1-12,14-15,19H,13H2. The number of thioether (sulfide) groups is 1. The van der Waals surface area contributed by atoms with Crippen molar-refractivity contribution in [1.82, 2.24) is 15.0 Å². The van der Waals surface area contributed by atoms with Crippen LogP contribution in [0.3, 0.4) is 0 Å². The molecule has 0 amide bonds. The van der Waals surface area contributed by atoms with Crippen LogP contribution in [0, 0.1) is 0 Å². The fourth-order valence-electron chi connectivity index (χ4n) is 4.08. The van der Waals surface area contributed by atoms with Gasteiger partial charge < -0.3 is 0 Å². The van der Waals surface area contributed by atoms with Gasteiger partial charge in [-0.05, 0) is 58.4 Å². The summed E-state index contributed by atoms with van der Waals surface area (Å²) in [7, 11) is 0. The summed E-state index contributed by atoms with van der Waals surface area (Å²) in [6, 6.07) is 20.8. The molecule has 29 heavy (non-hydrogen) atoms. The Kier molecular flexibility index (Phi) is 3.84. The monoisotopic (exact) mass is 391 g/mol.